The number of anilines is 3. The van der Waals surface area contributed by atoms with Crippen molar-refractivity contribution in [3.05, 3.63) is 35.8 Å². The maximum atomic E-state index is 14.6. The highest BCUT2D eigenvalue weighted by molar-refractivity contribution is 5.90. The number of benzene rings is 1. The summed E-state index contributed by atoms with van der Waals surface area (Å²) in [6, 6.07) is 2.19. The van der Waals surface area contributed by atoms with Crippen LogP contribution in [-0.4, -0.2) is 59.3 Å². The lowest BCUT2D eigenvalue weighted by molar-refractivity contribution is -0.139. The number of aliphatic hydroxyl groups is 1. The number of ether oxygens (including phenoxy) is 1. The molecule has 168 valence electrons. The van der Waals surface area contributed by atoms with E-state index in [9.17, 15) is 27.9 Å². The second-order valence-corrected chi connectivity index (χ2v) is 6.73. The Balaban J connectivity index is 1.65. The van der Waals surface area contributed by atoms with Crippen LogP contribution in [0.25, 0.3) is 0 Å². The third-order valence-corrected chi connectivity index (χ3v) is 4.44. The van der Waals surface area contributed by atoms with Gasteiger partial charge in [0.1, 0.15) is 18.1 Å². The van der Waals surface area contributed by atoms with Crippen LogP contribution in [-0.2, 0) is 9.53 Å². The summed E-state index contributed by atoms with van der Waals surface area (Å²) in [5.41, 5.74) is -1.42. The summed E-state index contributed by atoms with van der Waals surface area (Å²) in [5.74, 6) is -5.02. The summed E-state index contributed by atoms with van der Waals surface area (Å²) in [7, 11) is 0. The van der Waals surface area contributed by atoms with E-state index in [4.69, 9.17) is 9.84 Å². The molecule has 0 bridgehead atoms. The molecule has 1 fully saturated rings. The molecule has 10 nitrogen and oxygen atoms in total. The van der Waals surface area contributed by atoms with Crippen LogP contribution in [0.1, 0.15) is 12.8 Å². The van der Waals surface area contributed by atoms with E-state index >= 15 is 0 Å². The standard InChI is InChI=1S/C18H19F3N4O6/c19-11-6-12(15(20)16(21)17(11)22-3-1-9(26)5-14(27)28)25-8-10(31-18(25)29)7-23-13-2-4-30-24-13/h2,4,6,9-10,22,26H,1,3,5,7-8H2,(H,23,24)(H,27,28)/t9?,10-/m0/s1. The number of aliphatic carboxylic acids is 1. The zero-order valence-corrected chi connectivity index (χ0v) is 16.0. The molecule has 0 radical (unpaired) electrons. The molecule has 3 rings (SSSR count). The molecule has 0 spiro atoms. The molecule has 2 heterocycles. The first-order valence-electron chi connectivity index (χ1n) is 9.20. The van der Waals surface area contributed by atoms with Crippen molar-refractivity contribution in [3.63, 3.8) is 0 Å². The summed E-state index contributed by atoms with van der Waals surface area (Å²) < 4.78 is 53.1. The van der Waals surface area contributed by atoms with E-state index in [-0.39, 0.29) is 26.1 Å². The number of carboxylic acid groups (broad SMARTS) is 1. The largest absolute Gasteiger partial charge is 0.481 e. The highest BCUT2D eigenvalue weighted by Gasteiger charge is 2.35. The van der Waals surface area contributed by atoms with Crippen LogP contribution in [0.15, 0.2) is 22.9 Å². The summed E-state index contributed by atoms with van der Waals surface area (Å²) in [6.07, 6.45) is -2.27. The monoisotopic (exact) mass is 444 g/mol. The number of amides is 1. The summed E-state index contributed by atoms with van der Waals surface area (Å²) in [6.45, 7) is -0.254. The quantitative estimate of drug-likeness (QED) is 0.406. The van der Waals surface area contributed by atoms with E-state index in [1.165, 1.54) is 12.3 Å². The Bertz CT molecular complexity index is 943. The van der Waals surface area contributed by atoms with Crippen molar-refractivity contribution in [1.82, 2.24) is 5.16 Å². The molecular weight excluding hydrogens is 425 g/mol. The number of aromatic nitrogens is 1. The van der Waals surface area contributed by atoms with Gasteiger partial charge in [-0.1, -0.05) is 5.16 Å². The number of carboxylic acids is 1. The van der Waals surface area contributed by atoms with E-state index in [0.29, 0.717) is 11.9 Å². The first kappa shape index (κ1) is 22.2. The summed E-state index contributed by atoms with van der Waals surface area (Å²) in [4.78, 5) is 23.4. The number of carbonyl (C=O) groups is 2. The molecule has 1 aliphatic rings. The Labute approximate surface area is 173 Å². The number of carbonyl (C=O) groups excluding carboxylic acids is 1. The maximum absolute atomic E-state index is 14.6. The molecule has 0 saturated carbocycles. The molecule has 1 amide bonds. The Hall–Kier alpha value is -3.48. The van der Waals surface area contributed by atoms with Crippen molar-refractivity contribution in [2.75, 3.05) is 35.2 Å². The Morgan fingerprint density at radius 1 is 1.32 bits per heavy atom. The van der Waals surface area contributed by atoms with Gasteiger partial charge in [-0.05, 0) is 6.42 Å². The first-order valence-corrected chi connectivity index (χ1v) is 9.20. The van der Waals surface area contributed by atoms with Gasteiger partial charge in [0, 0.05) is 18.7 Å². The van der Waals surface area contributed by atoms with Crippen LogP contribution in [0.3, 0.4) is 0 Å². The second-order valence-electron chi connectivity index (χ2n) is 6.73. The van der Waals surface area contributed by atoms with Gasteiger partial charge in [-0.25, -0.2) is 18.0 Å². The number of nitrogens with zero attached hydrogens (tertiary/aromatic N) is 2. The summed E-state index contributed by atoms with van der Waals surface area (Å²) in [5, 5.41) is 26.8. The van der Waals surface area contributed by atoms with Gasteiger partial charge in [-0.3, -0.25) is 9.69 Å². The molecule has 0 aliphatic carbocycles. The molecular formula is C18H19F3N4O6. The van der Waals surface area contributed by atoms with Crippen molar-refractivity contribution in [2.45, 2.75) is 25.0 Å². The third-order valence-electron chi connectivity index (χ3n) is 4.44. The molecule has 13 heteroatoms. The number of rotatable bonds is 10. The lowest BCUT2D eigenvalue weighted by atomic mass is 10.1. The minimum absolute atomic E-state index is 0.111. The lowest BCUT2D eigenvalue weighted by Crippen LogP contribution is -2.28. The second kappa shape index (κ2) is 9.55. The number of halogens is 3. The minimum Gasteiger partial charge on any atom is -0.481 e. The predicted molar refractivity (Wildman–Crippen MR) is 100 cm³/mol. The normalized spacial score (nSPS) is 16.8. The smallest absolute Gasteiger partial charge is 0.414 e. The van der Waals surface area contributed by atoms with E-state index in [1.54, 1.807) is 0 Å². The molecule has 2 aromatic rings. The Kier molecular flexibility index (Phi) is 6.84. The molecule has 1 aromatic heterocycles. The van der Waals surface area contributed by atoms with E-state index < -0.39 is 59.5 Å². The van der Waals surface area contributed by atoms with Crippen molar-refractivity contribution >= 4 is 29.3 Å². The fraction of sp³-hybridized carbons (Fsp3) is 0.389. The first-order chi connectivity index (χ1) is 14.8. The number of hydrogen-bond donors (Lipinski definition) is 4. The van der Waals surface area contributed by atoms with Crippen molar-refractivity contribution < 1.29 is 42.2 Å². The number of cyclic esters (lactones) is 1. The van der Waals surface area contributed by atoms with Crippen LogP contribution < -0.4 is 15.5 Å². The highest BCUT2D eigenvalue weighted by atomic mass is 19.2. The van der Waals surface area contributed by atoms with Gasteiger partial charge in [-0.2, -0.15) is 0 Å². The molecule has 1 aromatic carbocycles. The Morgan fingerprint density at radius 2 is 2.10 bits per heavy atom. The van der Waals surface area contributed by atoms with Crippen LogP contribution in [0.4, 0.5) is 35.2 Å². The Morgan fingerprint density at radius 3 is 2.77 bits per heavy atom. The molecule has 2 atom stereocenters. The van der Waals surface area contributed by atoms with Gasteiger partial charge < -0.3 is 30.1 Å². The van der Waals surface area contributed by atoms with E-state index in [2.05, 4.69) is 20.3 Å². The topological polar surface area (TPSA) is 137 Å². The van der Waals surface area contributed by atoms with Gasteiger partial charge in [0.2, 0.25) is 0 Å². The van der Waals surface area contributed by atoms with E-state index in [0.717, 1.165) is 4.90 Å². The molecule has 1 unspecified atom stereocenters. The minimum atomic E-state index is -1.56. The van der Waals surface area contributed by atoms with Gasteiger partial charge >= 0.3 is 12.1 Å². The zero-order chi connectivity index (χ0) is 22.5. The summed E-state index contributed by atoms with van der Waals surface area (Å²) >= 11 is 0. The lowest BCUT2D eigenvalue weighted by Gasteiger charge is -2.17. The van der Waals surface area contributed by atoms with Crippen LogP contribution in [0.5, 0.6) is 0 Å². The average Bonchev–Trinajstić information content (AvgIpc) is 3.34. The maximum Gasteiger partial charge on any atom is 0.414 e. The fourth-order valence-corrected chi connectivity index (χ4v) is 2.96. The number of aliphatic hydroxyl groups excluding tert-OH is 1. The van der Waals surface area contributed by atoms with Gasteiger partial charge in [0.05, 0.1) is 31.3 Å². The zero-order valence-electron chi connectivity index (χ0n) is 16.0. The third kappa shape index (κ3) is 5.36. The SMILES string of the molecule is O=C(O)CC(O)CCNc1c(F)cc(N2C[C@H](CNc3ccon3)OC2=O)c(F)c1F. The van der Waals surface area contributed by atoms with Crippen molar-refractivity contribution in [1.29, 1.82) is 0 Å². The van der Waals surface area contributed by atoms with Crippen molar-refractivity contribution in [2.24, 2.45) is 0 Å². The molecule has 1 aliphatic heterocycles. The van der Waals surface area contributed by atoms with Crippen LogP contribution in [0.2, 0.25) is 0 Å². The highest BCUT2D eigenvalue weighted by Crippen LogP contribution is 2.32. The van der Waals surface area contributed by atoms with Gasteiger partial charge in [-0.15, -0.1) is 0 Å². The fourth-order valence-electron chi connectivity index (χ4n) is 2.96. The molecule has 4 N–H and O–H groups in total. The van der Waals surface area contributed by atoms with Crippen LogP contribution >= 0.6 is 0 Å². The van der Waals surface area contributed by atoms with Crippen LogP contribution in [0, 0.1) is 17.5 Å². The number of hydrogen-bond acceptors (Lipinski definition) is 8. The van der Waals surface area contributed by atoms with Crippen molar-refractivity contribution in [3.8, 4) is 0 Å². The predicted octanol–water partition coefficient (Wildman–Crippen LogP) is 2.17. The van der Waals surface area contributed by atoms with Gasteiger partial charge in [0.25, 0.3) is 0 Å². The van der Waals surface area contributed by atoms with Gasteiger partial charge in [0.15, 0.2) is 23.3 Å². The van der Waals surface area contributed by atoms with E-state index in [1.807, 2.05) is 0 Å². The molecule has 1 saturated heterocycles. The molecule has 31 heavy (non-hydrogen) atoms. The average molecular weight is 444 g/mol. The number of nitrogens with one attached hydrogen (secondary N) is 2.